The van der Waals surface area contributed by atoms with Gasteiger partial charge in [-0.3, -0.25) is 4.90 Å². The van der Waals surface area contributed by atoms with Gasteiger partial charge in [-0.1, -0.05) is 48.0 Å². The predicted octanol–water partition coefficient (Wildman–Crippen LogP) is 3.40. The SMILES string of the molecule is CC(O)C(OC(=O)c1cccc(Cl)c1)N1C(=O)OC[C@H]1c1ccccc1. The molecule has 2 aromatic carbocycles. The monoisotopic (exact) mass is 375 g/mol. The summed E-state index contributed by atoms with van der Waals surface area (Å²) < 4.78 is 10.6. The van der Waals surface area contributed by atoms with Gasteiger partial charge in [-0.25, -0.2) is 9.59 Å². The maximum absolute atomic E-state index is 12.4. The molecule has 1 saturated heterocycles. The van der Waals surface area contributed by atoms with Crippen LogP contribution in [0.2, 0.25) is 5.02 Å². The fourth-order valence-corrected chi connectivity index (χ4v) is 3.02. The lowest BCUT2D eigenvalue weighted by Crippen LogP contribution is -2.47. The summed E-state index contributed by atoms with van der Waals surface area (Å²) in [6, 6.07) is 15.0. The second-order valence-electron chi connectivity index (χ2n) is 5.96. The molecule has 1 heterocycles. The minimum absolute atomic E-state index is 0.112. The largest absolute Gasteiger partial charge is 0.447 e. The van der Waals surface area contributed by atoms with Gasteiger partial charge in [0.2, 0.25) is 6.23 Å². The smallest absolute Gasteiger partial charge is 0.413 e. The van der Waals surface area contributed by atoms with Crippen LogP contribution in [0.4, 0.5) is 4.79 Å². The molecule has 1 N–H and O–H groups in total. The molecular formula is C19H18ClNO5. The molecule has 0 saturated carbocycles. The van der Waals surface area contributed by atoms with E-state index in [2.05, 4.69) is 0 Å². The van der Waals surface area contributed by atoms with Gasteiger partial charge in [0.25, 0.3) is 0 Å². The lowest BCUT2D eigenvalue weighted by Gasteiger charge is -2.32. The van der Waals surface area contributed by atoms with Gasteiger partial charge in [-0.15, -0.1) is 0 Å². The fourth-order valence-electron chi connectivity index (χ4n) is 2.83. The molecule has 1 aliphatic rings. The Balaban J connectivity index is 1.86. The van der Waals surface area contributed by atoms with Gasteiger partial charge in [-0.05, 0) is 30.7 Å². The van der Waals surface area contributed by atoms with Crippen molar-refractivity contribution in [3.05, 3.63) is 70.7 Å². The van der Waals surface area contributed by atoms with Gasteiger partial charge < -0.3 is 14.6 Å². The number of aliphatic hydroxyl groups excluding tert-OH is 1. The first-order chi connectivity index (χ1) is 12.5. The zero-order chi connectivity index (χ0) is 18.7. The molecule has 6 nitrogen and oxygen atoms in total. The van der Waals surface area contributed by atoms with E-state index in [4.69, 9.17) is 21.1 Å². The van der Waals surface area contributed by atoms with Gasteiger partial charge in [0, 0.05) is 5.02 Å². The molecule has 2 aromatic rings. The number of aliphatic hydroxyl groups is 1. The van der Waals surface area contributed by atoms with Crippen LogP contribution in [-0.2, 0) is 9.47 Å². The molecule has 3 rings (SSSR count). The summed E-state index contributed by atoms with van der Waals surface area (Å²) in [5.74, 6) is -0.690. The average Bonchev–Trinajstić information content (AvgIpc) is 3.01. The second kappa shape index (κ2) is 7.76. The third kappa shape index (κ3) is 3.81. The number of halogens is 1. The summed E-state index contributed by atoms with van der Waals surface area (Å²) >= 11 is 5.90. The van der Waals surface area contributed by atoms with Gasteiger partial charge in [0.1, 0.15) is 12.7 Å². The zero-order valence-corrected chi connectivity index (χ0v) is 14.8. The molecule has 0 aliphatic carbocycles. The van der Waals surface area contributed by atoms with E-state index in [9.17, 15) is 14.7 Å². The second-order valence-corrected chi connectivity index (χ2v) is 6.39. The van der Waals surface area contributed by atoms with Gasteiger partial charge >= 0.3 is 12.1 Å². The van der Waals surface area contributed by atoms with Crippen molar-refractivity contribution in [2.75, 3.05) is 6.61 Å². The minimum atomic E-state index is -1.19. The Morgan fingerprint density at radius 1 is 1.27 bits per heavy atom. The highest BCUT2D eigenvalue weighted by Gasteiger charge is 2.43. The number of ether oxygens (including phenoxy) is 2. The Morgan fingerprint density at radius 2 is 2.00 bits per heavy atom. The predicted molar refractivity (Wildman–Crippen MR) is 94.7 cm³/mol. The van der Waals surface area contributed by atoms with Crippen LogP contribution < -0.4 is 0 Å². The van der Waals surface area contributed by atoms with Crippen molar-refractivity contribution in [3.63, 3.8) is 0 Å². The van der Waals surface area contributed by atoms with Crippen LogP contribution in [0.15, 0.2) is 54.6 Å². The number of benzene rings is 2. The Labute approximate surface area is 155 Å². The number of hydrogen-bond acceptors (Lipinski definition) is 5. The van der Waals surface area contributed by atoms with E-state index < -0.39 is 30.4 Å². The van der Waals surface area contributed by atoms with Crippen molar-refractivity contribution in [3.8, 4) is 0 Å². The van der Waals surface area contributed by atoms with E-state index >= 15 is 0 Å². The maximum Gasteiger partial charge on any atom is 0.413 e. The Hall–Kier alpha value is -2.57. The third-order valence-corrected chi connectivity index (χ3v) is 4.31. The molecule has 0 bridgehead atoms. The van der Waals surface area contributed by atoms with Crippen LogP contribution in [0.5, 0.6) is 0 Å². The summed E-state index contributed by atoms with van der Waals surface area (Å²) in [7, 11) is 0. The first kappa shape index (κ1) is 18.2. The minimum Gasteiger partial charge on any atom is -0.447 e. The number of carbonyl (C=O) groups is 2. The molecule has 0 radical (unpaired) electrons. The topological polar surface area (TPSA) is 76.1 Å². The van der Waals surface area contributed by atoms with Crippen LogP contribution in [-0.4, -0.2) is 41.0 Å². The Morgan fingerprint density at radius 3 is 2.65 bits per heavy atom. The summed E-state index contributed by atoms with van der Waals surface area (Å²) in [5, 5.41) is 10.5. The third-order valence-electron chi connectivity index (χ3n) is 4.07. The maximum atomic E-state index is 12.4. The molecule has 1 amide bonds. The fraction of sp³-hybridized carbons (Fsp3) is 0.263. The highest BCUT2D eigenvalue weighted by Crippen LogP contribution is 2.31. The quantitative estimate of drug-likeness (QED) is 0.810. The molecule has 2 unspecified atom stereocenters. The number of carbonyl (C=O) groups excluding carboxylic acids is 2. The first-order valence-corrected chi connectivity index (χ1v) is 8.50. The zero-order valence-electron chi connectivity index (χ0n) is 14.0. The van der Waals surface area contributed by atoms with Crippen molar-refractivity contribution >= 4 is 23.7 Å². The molecule has 1 aliphatic heterocycles. The van der Waals surface area contributed by atoms with Crippen molar-refractivity contribution in [1.82, 2.24) is 4.90 Å². The molecule has 0 spiro atoms. The molecule has 7 heteroatoms. The average molecular weight is 376 g/mol. The standard InChI is InChI=1S/C19H18ClNO5/c1-12(22)17(26-18(23)14-8-5-9-15(20)10-14)21-16(11-25-19(21)24)13-6-3-2-4-7-13/h2-10,12,16-17,22H,11H2,1H3/t12?,16-,17?/m0/s1. The number of hydrogen-bond donors (Lipinski definition) is 1. The van der Waals surface area contributed by atoms with E-state index in [1.54, 1.807) is 18.2 Å². The summed E-state index contributed by atoms with van der Waals surface area (Å²) in [5.41, 5.74) is 1.05. The van der Waals surface area contributed by atoms with Crippen molar-refractivity contribution in [2.24, 2.45) is 0 Å². The van der Waals surface area contributed by atoms with Crippen LogP contribution in [0, 0.1) is 0 Å². The van der Waals surface area contributed by atoms with Gasteiger partial charge in [-0.2, -0.15) is 0 Å². The van der Waals surface area contributed by atoms with Gasteiger partial charge in [0.05, 0.1) is 11.6 Å². The lowest BCUT2D eigenvalue weighted by molar-refractivity contribution is -0.0783. The van der Waals surface area contributed by atoms with Crippen molar-refractivity contribution < 1.29 is 24.2 Å². The van der Waals surface area contributed by atoms with Crippen LogP contribution in [0.25, 0.3) is 0 Å². The first-order valence-electron chi connectivity index (χ1n) is 8.12. The van der Waals surface area contributed by atoms with E-state index in [0.29, 0.717) is 5.02 Å². The van der Waals surface area contributed by atoms with Gasteiger partial charge in [0.15, 0.2) is 0 Å². The molecule has 0 aromatic heterocycles. The Bertz CT molecular complexity index is 796. The molecule has 136 valence electrons. The van der Waals surface area contributed by atoms with Crippen LogP contribution in [0.1, 0.15) is 28.9 Å². The number of cyclic esters (lactones) is 1. The van der Waals surface area contributed by atoms with E-state index in [1.165, 1.54) is 17.9 Å². The normalized spacial score (nSPS) is 19.0. The lowest BCUT2D eigenvalue weighted by atomic mass is 10.1. The molecule has 3 atom stereocenters. The highest BCUT2D eigenvalue weighted by molar-refractivity contribution is 6.30. The Kier molecular flexibility index (Phi) is 5.44. The van der Waals surface area contributed by atoms with Crippen LogP contribution >= 0.6 is 11.6 Å². The molecular weight excluding hydrogens is 358 g/mol. The van der Waals surface area contributed by atoms with Crippen LogP contribution in [0.3, 0.4) is 0 Å². The number of amides is 1. The summed E-state index contributed by atoms with van der Waals surface area (Å²) in [6.45, 7) is 1.56. The molecule has 1 fully saturated rings. The van der Waals surface area contributed by atoms with Crippen molar-refractivity contribution in [2.45, 2.75) is 25.3 Å². The van der Waals surface area contributed by atoms with Crippen molar-refractivity contribution in [1.29, 1.82) is 0 Å². The number of nitrogens with zero attached hydrogens (tertiary/aromatic N) is 1. The highest BCUT2D eigenvalue weighted by atomic mass is 35.5. The molecule has 26 heavy (non-hydrogen) atoms. The van der Waals surface area contributed by atoms with E-state index in [0.717, 1.165) is 5.56 Å². The van der Waals surface area contributed by atoms with E-state index in [1.807, 2.05) is 30.3 Å². The summed E-state index contributed by atoms with van der Waals surface area (Å²) in [4.78, 5) is 26.0. The number of rotatable bonds is 5. The number of esters is 1. The van der Waals surface area contributed by atoms with E-state index in [-0.39, 0.29) is 12.2 Å². The summed E-state index contributed by atoms with van der Waals surface area (Å²) in [6.07, 6.45) is -2.96.